The molecular weight excluding hydrogens is 270 g/mol. The summed E-state index contributed by atoms with van der Waals surface area (Å²) in [4.78, 5) is 11.1. The minimum Gasteiger partial charge on any atom is -0.461 e. The van der Waals surface area contributed by atoms with E-state index < -0.39 is 43.2 Å². The fourth-order valence-electron chi connectivity index (χ4n) is 1.74. The molecule has 0 aromatic rings. The third-order valence-corrected chi connectivity index (χ3v) is 2.92. The number of rotatable bonds is 6. The lowest BCUT2D eigenvalue weighted by atomic mass is 9.98. The van der Waals surface area contributed by atoms with Gasteiger partial charge in [-0.15, -0.1) is 0 Å². The number of carbonyl (C=O) groups excluding carboxylic acids is 1. The first-order valence-electron chi connectivity index (χ1n) is 6.25. The monoisotopic (exact) mass is 291 g/mol. The lowest BCUT2D eigenvalue weighted by Gasteiger charge is -2.40. The van der Waals surface area contributed by atoms with Crippen LogP contribution in [0, 0.1) is 0 Å². The van der Waals surface area contributed by atoms with E-state index in [1.165, 1.54) is 6.92 Å². The van der Waals surface area contributed by atoms with Crippen LogP contribution in [0.2, 0.25) is 0 Å². The van der Waals surface area contributed by atoms with Gasteiger partial charge >= 0.3 is 5.97 Å². The second kappa shape index (κ2) is 7.67. The predicted molar refractivity (Wildman–Crippen MR) is 67.5 cm³/mol. The molecule has 1 rings (SSSR count). The molecule has 5 atom stereocenters. The van der Waals surface area contributed by atoms with Crippen LogP contribution in [0.1, 0.15) is 6.92 Å². The summed E-state index contributed by atoms with van der Waals surface area (Å²) in [6.45, 7) is 4.65. The van der Waals surface area contributed by atoms with Crippen LogP contribution in [0.15, 0.2) is 12.2 Å². The molecule has 0 spiro atoms. The van der Waals surface area contributed by atoms with Gasteiger partial charge < -0.3 is 29.9 Å². The van der Waals surface area contributed by atoms with Crippen LogP contribution in [0.4, 0.5) is 0 Å². The molecule has 8 heteroatoms. The zero-order valence-electron chi connectivity index (χ0n) is 11.2. The van der Waals surface area contributed by atoms with Crippen LogP contribution in [0.3, 0.4) is 0 Å². The molecule has 1 saturated heterocycles. The predicted octanol–water partition coefficient (Wildman–Crippen LogP) is -2.50. The SMILES string of the molecule is C=C(C)C(=O)OCCNC1O[C@H](CO)[C@@H](O)[C@H](O)[C@H]1O. The molecule has 1 aliphatic heterocycles. The van der Waals surface area contributed by atoms with Gasteiger partial charge in [0.15, 0.2) is 0 Å². The molecule has 0 aliphatic carbocycles. The molecule has 8 nitrogen and oxygen atoms in total. The largest absolute Gasteiger partial charge is 0.461 e. The van der Waals surface area contributed by atoms with Gasteiger partial charge in [0.05, 0.1) is 6.61 Å². The van der Waals surface area contributed by atoms with Crippen molar-refractivity contribution in [1.29, 1.82) is 0 Å². The van der Waals surface area contributed by atoms with Gasteiger partial charge in [-0.25, -0.2) is 4.79 Å². The van der Waals surface area contributed by atoms with Gasteiger partial charge in [-0.3, -0.25) is 5.32 Å². The van der Waals surface area contributed by atoms with Gasteiger partial charge in [0.2, 0.25) is 0 Å². The highest BCUT2D eigenvalue weighted by molar-refractivity contribution is 5.86. The summed E-state index contributed by atoms with van der Waals surface area (Å²) in [5.41, 5.74) is 0.276. The van der Waals surface area contributed by atoms with E-state index >= 15 is 0 Å². The molecule has 1 aliphatic rings. The number of hydrogen-bond acceptors (Lipinski definition) is 8. The summed E-state index contributed by atoms with van der Waals surface area (Å²) in [5, 5.41) is 40.6. The lowest BCUT2D eigenvalue weighted by molar-refractivity contribution is -0.236. The van der Waals surface area contributed by atoms with Crippen LogP contribution < -0.4 is 5.32 Å². The average Bonchev–Trinajstić information content (AvgIpc) is 2.42. The van der Waals surface area contributed by atoms with Crippen LogP contribution >= 0.6 is 0 Å². The smallest absolute Gasteiger partial charge is 0.333 e. The molecule has 0 aromatic heterocycles. The fourth-order valence-corrected chi connectivity index (χ4v) is 1.74. The second-order valence-electron chi connectivity index (χ2n) is 4.62. The van der Waals surface area contributed by atoms with Crippen molar-refractivity contribution in [2.45, 2.75) is 37.6 Å². The molecule has 1 fully saturated rings. The third kappa shape index (κ3) is 4.23. The Morgan fingerprint density at radius 1 is 1.30 bits per heavy atom. The number of aliphatic hydroxyl groups excluding tert-OH is 4. The molecule has 0 aromatic carbocycles. The van der Waals surface area contributed by atoms with E-state index in [0.29, 0.717) is 0 Å². The Bertz CT molecular complexity index is 347. The molecular formula is C12H21NO7. The summed E-state index contributed by atoms with van der Waals surface area (Å²) < 4.78 is 10.0. The Balaban J connectivity index is 2.39. The van der Waals surface area contributed by atoms with E-state index in [4.69, 9.17) is 14.6 Å². The van der Waals surface area contributed by atoms with Gasteiger partial charge in [-0.05, 0) is 6.92 Å². The molecule has 0 radical (unpaired) electrons. The van der Waals surface area contributed by atoms with Gasteiger partial charge in [0.25, 0.3) is 0 Å². The van der Waals surface area contributed by atoms with E-state index in [0.717, 1.165) is 0 Å². The quantitative estimate of drug-likeness (QED) is 0.206. The maximum absolute atomic E-state index is 11.1. The van der Waals surface area contributed by atoms with Crippen LogP contribution in [-0.2, 0) is 14.3 Å². The van der Waals surface area contributed by atoms with Crippen molar-refractivity contribution < 1.29 is 34.7 Å². The zero-order chi connectivity index (χ0) is 15.3. The summed E-state index contributed by atoms with van der Waals surface area (Å²) in [6, 6.07) is 0. The van der Waals surface area contributed by atoms with Crippen molar-refractivity contribution in [3.63, 3.8) is 0 Å². The molecule has 20 heavy (non-hydrogen) atoms. The fraction of sp³-hybridized carbons (Fsp3) is 0.750. The maximum Gasteiger partial charge on any atom is 0.333 e. The first-order valence-corrected chi connectivity index (χ1v) is 6.25. The van der Waals surface area contributed by atoms with Gasteiger partial charge in [-0.1, -0.05) is 6.58 Å². The van der Waals surface area contributed by atoms with Gasteiger partial charge in [0.1, 0.15) is 37.3 Å². The zero-order valence-corrected chi connectivity index (χ0v) is 11.2. The second-order valence-corrected chi connectivity index (χ2v) is 4.62. The molecule has 1 heterocycles. The molecule has 0 saturated carbocycles. The highest BCUT2D eigenvalue weighted by Crippen LogP contribution is 2.19. The van der Waals surface area contributed by atoms with Crippen LogP contribution in [0.25, 0.3) is 0 Å². The number of esters is 1. The van der Waals surface area contributed by atoms with Crippen LogP contribution in [0.5, 0.6) is 0 Å². The van der Waals surface area contributed by atoms with Crippen molar-refractivity contribution in [3.8, 4) is 0 Å². The van der Waals surface area contributed by atoms with E-state index in [1.54, 1.807) is 0 Å². The van der Waals surface area contributed by atoms with Gasteiger partial charge in [-0.2, -0.15) is 0 Å². The summed E-state index contributed by atoms with van der Waals surface area (Å²) in [6.07, 6.45) is -6.13. The van der Waals surface area contributed by atoms with E-state index in [9.17, 15) is 20.1 Å². The van der Waals surface area contributed by atoms with E-state index in [-0.39, 0.29) is 18.7 Å². The Labute approximate surface area is 116 Å². The maximum atomic E-state index is 11.1. The summed E-state index contributed by atoms with van der Waals surface area (Å²) >= 11 is 0. The highest BCUT2D eigenvalue weighted by atomic mass is 16.6. The lowest BCUT2D eigenvalue weighted by Crippen LogP contribution is -2.62. The van der Waals surface area contributed by atoms with Crippen molar-refractivity contribution in [2.24, 2.45) is 0 Å². The van der Waals surface area contributed by atoms with Gasteiger partial charge in [0, 0.05) is 12.1 Å². The van der Waals surface area contributed by atoms with E-state index in [2.05, 4.69) is 11.9 Å². The topological polar surface area (TPSA) is 128 Å². The van der Waals surface area contributed by atoms with Crippen molar-refractivity contribution in [1.82, 2.24) is 5.32 Å². The summed E-state index contributed by atoms with van der Waals surface area (Å²) in [5.74, 6) is -0.527. The number of carbonyl (C=O) groups is 1. The number of ether oxygens (including phenoxy) is 2. The summed E-state index contributed by atoms with van der Waals surface area (Å²) in [7, 11) is 0. The third-order valence-electron chi connectivity index (χ3n) is 2.92. The number of hydrogen-bond donors (Lipinski definition) is 5. The van der Waals surface area contributed by atoms with Crippen molar-refractivity contribution in [3.05, 3.63) is 12.2 Å². The molecule has 0 bridgehead atoms. The minimum atomic E-state index is -1.43. The Morgan fingerprint density at radius 2 is 1.95 bits per heavy atom. The Hall–Kier alpha value is -1.03. The minimum absolute atomic E-state index is 0.0285. The molecule has 5 N–H and O–H groups in total. The first-order chi connectivity index (χ1) is 9.38. The standard InChI is InChI=1S/C12H21NO7/c1-6(2)12(18)19-4-3-13-11-10(17)9(16)8(15)7(5-14)20-11/h7-11,13-17H,1,3-5H2,2H3/t7-,8-,9+,10-,11?/m1/s1. The number of aliphatic hydroxyl groups is 4. The Kier molecular flexibility index (Phi) is 6.53. The van der Waals surface area contributed by atoms with E-state index in [1.807, 2.05) is 0 Å². The number of nitrogens with one attached hydrogen (secondary N) is 1. The average molecular weight is 291 g/mol. The Morgan fingerprint density at radius 3 is 2.50 bits per heavy atom. The molecule has 0 amide bonds. The van der Waals surface area contributed by atoms with Crippen molar-refractivity contribution >= 4 is 5.97 Å². The van der Waals surface area contributed by atoms with Crippen molar-refractivity contribution in [2.75, 3.05) is 19.8 Å². The normalized spacial score (nSPS) is 33.8. The first kappa shape index (κ1) is 17.0. The molecule has 116 valence electrons. The van der Waals surface area contributed by atoms with Crippen LogP contribution in [-0.4, -0.2) is 76.8 Å². The highest BCUT2D eigenvalue weighted by Gasteiger charge is 2.43. The molecule has 1 unspecified atom stereocenters.